The fraction of sp³-hybridized carbons (Fsp3) is 0.387. The molecule has 0 saturated heterocycles. The van der Waals surface area contributed by atoms with Gasteiger partial charge in [-0.3, -0.25) is 0 Å². The lowest BCUT2D eigenvalue weighted by Crippen LogP contribution is -2.30. The average Bonchev–Trinajstić information content (AvgIpc) is 2.95. The van der Waals surface area contributed by atoms with Crippen LogP contribution in [0.1, 0.15) is 29.5 Å². The van der Waals surface area contributed by atoms with Crippen molar-refractivity contribution in [1.29, 1.82) is 5.26 Å². The largest absolute Gasteiger partial charge is 0.493 e. The number of methoxy groups -OCH3 is 4. The number of likely N-dealkylation sites (N-methyl/N-ethyl adjacent to an activating group) is 1. The molecule has 1 unspecified atom stereocenters. The fourth-order valence-corrected chi connectivity index (χ4v) is 4.85. The van der Waals surface area contributed by atoms with Crippen molar-refractivity contribution in [3.05, 3.63) is 82.4 Å². The lowest BCUT2D eigenvalue weighted by Gasteiger charge is -2.29. The van der Waals surface area contributed by atoms with Crippen molar-refractivity contribution in [2.24, 2.45) is 0 Å². The molecule has 0 radical (unpaired) electrons. The van der Waals surface area contributed by atoms with Gasteiger partial charge in [0.15, 0.2) is 23.0 Å². The quantitative estimate of drug-likeness (QED) is 0.240. The molecule has 0 fully saturated rings. The van der Waals surface area contributed by atoms with Crippen molar-refractivity contribution in [2.75, 3.05) is 48.6 Å². The third-order valence-corrected chi connectivity index (χ3v) is 7.19. The normalized spacial score (nSPS) is 12.5. The van der Waals surface area contributed by atoms with E-state index in [2.05, 4.69) is 24.1 Å². The van der Waals surface area contributed by atoms with E-state index in [1.54, 1.807) is 28.4 Å². The summed E-state index contributed by atoms with van der Waals surface area (Å²) in [6, 6.07) is 22.2. The van der Waals surface area contributed by atoms with E-state index in [-0.39, 0.29) is 0 Å². The number of halogens is 1. The van der Waals surface area contributed by atoms with E-state index >= 15 is 0 Å². The first-order valence-corrected chi connectivity index (χ1v) is 13.0. The summed E-state index contributed by atoms with van der Waals surface area (Å²) in [4.78, 5) is 2.30. The minimum Gasteiger partial charge on any atom is -0.493 e. The predicted octanol–water partition coefficient (Wildman–Crippen LogP) is 6.33. The van der Waals surface area contributed by atoms with E-state index in [0.717, 1.165) is 48.6 Å². The Morgan fingerprint density at radius 3 is 1.87 bits per heavy atom. The van der Waals surface area contributed by atoms with Gasteiger partial charge >= 0.3 is 0 Å². The van der Waals surface area contributed by atoms with E-state index in [4.69, 9.17) is 30.5 Å². The minimum absolute atomic E-state index is 0.556. The molecule has 202 valence electrons. The summed E-state index contributed by atoms with van der Waals surface area (Å²) in [6.07, 6.45) is 3.02. The first kappa shape index (κ1) is 29.2. The Labute approximate surface area is 231 Å². The van der Waals surface area contributed by atoms with Gasteiger partial charge in [0.1, 0.15) is 0 Å². The van der Waals surface area contributed by atoms with Crippen LogP contribution in [-0.4, -0.2) is 53.5 Å². The molecular weight excluding hydrogens is 500 g/mol. The van der Waals surface area contributed by atoms with Gasteiger partial charge in [0, 0.05) is 11.6 Å². The molecule has 7 heteroatoms. The molecule has 0 aliphatic carbocycles. The molecular formula is C31H37ClN2O4. The number of ether oxygens (including phenoxy) is 4. The third-order valence-electron chi connectivity index (χ3n) is 6.94. The van der Waals surface area contributed by atoms with Crippen LogP contribution in [0, 0.1) is 11.3 Å². The Morgan fingerprint density at radius 1 is 0.763 bits per heavy atom. The topological polar surface area (TPSA) is 64.0 Å². The summed E-state index contributed by atoms with van der Waals surface area (Å²) in [7, 11) is 8.65. The molecule has 0 aromatic heterocycles. The molecule has 3 aromatic carbocycles. The van der Waals surface area contributed by atoms with Crippen LogP contribution in [0.2, 0.25) is 5.02 Å². The summed E-state index contributed by atoms with van der Waals surface area (Å²) in [6.45, 7) is 1.77. The van der Waals surface area contributed by atoms with Crippen LogP contribution >= 0.6 is 11.6 Å². The van der Waals surface area contributed by atoms with Gasteiger partial charge < -0.3 is 23.8 Å². The van der Waals surface area contributed by atoms with Gasteiger partial charge in [-0.15, -0.1) is 0 Å². The van der Waals surface area contributed by atoms with Gasteiger partial charge in [0.25, 0.3) is 0 Å². The van der Waals surface area contributed by atoms with E-state index in [9.17, 15) is 5.26 Å². The Kier molecular flexibility index (Phi) is 10.7. The fourth-order valence-electron chi connectivity index (χ4n) is 4.72. The van der Waals surface area contributed by atoms with E-state index in [1.165, 1.54) is 5.56 Å². The third kappa shape index (κ3) is 7.34. The second-order valence-electron chi connectivity index (χ2n) is 9.41. The SMILES string of the molecule is COc1ccc(CCN(C)CCCC(C#N)(Cc2ccc(OC)c(OC)c2)c2ccc(Cl)cc2)cc1OC. The van der Waals surface area contributed by atoms with Gasteiger partial charge in [0.05, 0.1) is 39.9 Å². The van der Waals surface area contributed by atoms with Crippen LogP contribution in [0.25, 0.3) is 0 Å². The summed E-state index contributed by atoms with van der Waals surface area (Å²) in [5, 5.41) is 11.2. The summed E-state index contributed by atoms with van der Waals surface area (Å²) in [5.74, 6) is 2.79. The summed E-state index contributed by atoms with van der Waals surface area (Å²) in [5.41, 5.74) is 2.47. The lowest BCUT2D eigenvalue weighted by atomic mass is 9.73. The number of hydrogen-bond acceptors (Lipinski definition) is 6. The number of rotatable bonds is 14. The Morgan fingerprint density at radius 2 is 1.32 bits per heavy atom. The average molecular weight is 537 g/mol. The van der Waals surface area contributed by atoms with Crippen LogP contribution in [0.5, 0.6) is 23.0 Å². The molecule has 1 atom stereocenters. The summed E-state index contributed by atoms with van der Waals surface area (Å²) >= 11 is 6.17. The zero-order valence-electron chi connectivity index (χ0n) is 22.9. The maximum absolute atomic E-state index is 10.5. The summed E-state index contributed by atoms with van der Waals surface area (Å²) < 4.78 is 21.7. The van der Waals surface area contributed by atoms with E-state index < -0.39 is 5.41 Å². The highest BCUT2D eigenvalue weighted by atomic mass is 35.5. The first-order chi connectivity index (χ1) is 18.4. The standard InChI is InChI=1S/C31H37ClN2O4/c1-34(18-15-23-7-13-27(35-2)29(19-23)37-4)17-6-16-31(22-33,25-9-11-26(32)12-10-25)21-24-8-14-28(36-3)30(20-24)38-5/h7-14,19-20H,6,15-18,21H2,1-5H3. The molecule has 0 bridgehead atoms. The predicted molar refractivity (Wildman–Crippen MR) is 152 cm³/mol. The monoisotopic (exact) mass is 536 g/mol. The van der Waals surface area contributed by atoms with Gasteiger partial charge in [-0.2, -0.15) is 5.26 Å². The second kappa shape index (κ2) is 13.9. The molecule has 38 heavy (non-hydrogen) atoms. The van der Waals surface area contributed by atoms with Gasteiger partial charge in [-0.25, -0.2) is 0 Å². The molecule has 0 aliphatic heterocycles. The van der Waals surface area contributed by atoms with Crippen LogP contribution in [-0.2, 0) is 18.3 Å². The minimum atomic E-state index is -0.700. The van der Waals surface area contributed by atoms with E-state index in [1.807, 2.05) is 54.6 Å². The number of nitriles is 1. The van der Waals surface area contributed by atoms with Crippen molar-refractivity contribution < 1.29 is 18.9 Å². The zero-order valence-corrected chi connectivity index (χ0v) is 23.7. The van der Waals surface area contributed by atoms with Crippen molar-refractivity contribution in [3.63, 3.8) is 0 Å². The maximum atomic E-state index is 10.5. The zero-order chi connectivity index (χ0) is 27.5. The molecule has 0 spiro atoms. The molecule has 0 amide bonds. The van der Waals surface area contributed by atoms with Crippen molar-refractivity contribution >= 4 is 11.6 Å². The number of hydrogen-bond donors (Lipinski definition) is 0. The van der Waals surface area contributed by atoms with Crippen molar-refractivity contribution in [2.45, 2.75) is 31.1 Å². The van der Waals surface area contributed by atoms with Crippen molar-refractivity contribution in [3.8, 4) is 29.1 Å². The van der Waals surface area contributed by atoms with Crippen LogP contribution in [0.15, 0.2) is 60.7 Å². The van der Waals surface area contributed by atoms with Gasteiger partial charge in [-0.1, -0.05) is 35.9 Å². The highest BCUT2D eigenvalue weighted by molar-refractivity contribution is 6.30. The Balaban J connectivity index is 1.71. The highest BCUT2D eigenvalue weighted by Gasteiger charge is 2.33. The molecule has 0 saturated carbocycles. The maximum Gasteiger partial charge on any atom is 0.160 e. The first-order valence-electron chi connectivity index (χ1n) is 12.7. The molecule has 0 aliphatic rings. The molecule has 3 aromatic rings. The number of nitrogens with zero attached hydrogens (tertiary/aromatic N) is 2. The van der Waals surface area contributed by atoms with E-state index in [0.29, 0.717) is 29.4 Å². The van der Waals surface area contributed by atoms with Crippen LogP contribution in [0.3, 0.4) is 0 Å². The molecule has 0 heterocycles. The Hall–Kier alpha value is -3.40. The number of benzene rings is 3. The second-order valence-corrected chi connectivity index (χ2v) is 9.85. The molecule has 0 N–H and O–H groups in total. The Bertz CT molecular complexity index is 1230. The van der Waals surface area contributed by atoms with Crippen molar-refractivity contribution in [1.82, 2.24) is 4.90 Å². The van der Waals surface area contributed by atoms with Crippen LogP contribution in [0.4, 0.5) is 0 Å². The van der Waals surface area contributed by atoms with Gasteiger partial charge in [-0.05, 0) is 92.4 Å². The smallest absolute Gasteiger partial charge is 0.160 e. The highest BCUT2D eigenvalue weighted by Crippen LogP contribution is 2.36. The van der Waals surface area contributed by atoms with Crippen LogP contribution < -0.4 is 18.9 Å². The molecule has 6 nitrogen and oxygen atoms in total. The molecule has 3 rings (SSSR count). The lowest BCUT2D eigenvalue weighted by molar-refractivity contribution is 0.314. The van der Waals surface area contributed by atoms with Gasteiger partial charge in [0.2, 0.25) is 0 Å².